The Balaban J connectivity index is 1.50. The third-order valence-corrected chi connectivity index (χ3v) is 7.03. The molecular formula is C34H38N6O5. The highest BCUT2D eigenvalue weighted by atomic mass is 16.5. The zero-order chi connectivity index (χ0) is 32.2. The lowest BCUT2D eigenvalue weighted by Gasteiger charge is -2.25. The van der Waals surface area contributed by atoms with Crippen LogP contribution in [0.3, 0.4) is 0 Å². The van der Waals surface area contributed by atoms with Crippen LogP contribution in [-0.2, 0) is 27.4 Å². The number of rotatable bonds is 15. The molecule has 11 heteroatoms. The zero-order valence-electron chi connectivity index (χ0n) is 25.1. The van der Waals surface area contributed by atoms with Crippen LogP contribution < -0.4 is 32.6 Å². The molecule has 0 saturated heterocycles. The van der Waals surface area contributed by atoms with Crippen molar-refractivity contribution in [2.75, 3.05) is 11.9 Å². The average Bonchev–Trinajstić information content (AvgIpc) is 3.01. The summed E-state index contributed by atoms with van der Waals surface area (Å²) in [5.74, 6) is -0.857. The summed E-state index contributed by atoms with van der Waals surface area (Å²) in [6.45, 7) is 6.37. The van der Waals surface area contributed by atoms with Crippen LogP contribution in [0.25, 0.3) is 11.0 Å². The van der Waals surface area contributed by atoms with Crippen LogP contribution in [-0.4, -0.2) is 36.4 Å². The van der Waals surface area contributed by atoms with E-state index in [2.05, 4.69) is 27.8 Å². The first kappa shape index (κ1) is 32.3. The van der Waals surface area contributed by atoms with Gasteiger partial charge in [0.2, 0.25) is 11.8 Å². The second kappa shape index (κ2) is 15.8. The fourth-order valence-electron chi connectivity index (χ4n) is 4.74. The number of hydrogen-bond donors (Lipinski definition) is 6. The summed E-state index contributed by atoms with van der Waals surface area (Å²) in [4.78, 5) is 39.2. The number of carbonyl (C=O) groups excluding carboxylic acids is 2. The second-order valence-electron chi connectivity index (χ2n) is 10.6. The maximum atomic E-state index is 13.7. The van der Waals surface area contributed by atoms with Crippen molar-refractivity contribution in [1.82, 2.24) is 16.0 Å². The van der Waals surface area contributed by atoms with E-state index in [4.69, 9.17) is 20.3 Å². The Labute approximate surface area is 261 Å². The second-order valence-corrected chi connectivity index (χ2v) is 10.6. The first-order valence-corrected chi connectivity index (χ1v) is 14.6. The van der Waals surface area contributed by atoms with Gasteiger partial charge in [0.05, 0.1) is 0 Å². The third kappa shape index (κ3) is 9.99. The van der Waals surface area contributed by atoms with Gasteiger partial charge in [0.1, 0.15) is 24.3 Å². The third-order valence-electron chi connectivity index (χ3n) is 7.03. The molecule has 11 nitrogen and oxygen atoms in total. The molecule has 4 aromatic rings. The number of ether oxygens (including phenoxy) is 1. The van der Waals surface area contributed by atoms with Crippen LogP contribution >= 0.6 is 0 Å². The molecule has 0 aliphatic carbocycles. The van der Waals surface area contributed by atoms with Gasteiger partial charge in [-0.2, -0.15) is 0 Å². The van der Waals surface area contributed by atoms with Crippen molar-refractivity contribution in [3.63, 3.8) is 0 Å². The van der Waals surface area contributed by atoms with Crippen molar-refractivity contribution in [3.8, 4) is 0 Å². The Morgan fingerprint density at radius 2 is 1.62 bits per heavy atom. The fourth-order valence-corrected chi connectivity index (χ4v) is 4.74. The molecule has 234 valence electrons. The number of fused-ring (bicyclic) bond motifs is 1. The minimum Gasteiger partial charge on any atom is -0.475 e. The molecular weight excluding hydrogens is 572 g/mol. The van der Waals surface area contributed by atoms with Crippen LogP contribution in [0.2, 0.25) is 0 Å². The van der Waals surface area contributed by atoms with Crippen LogP contribution in [0.15, 0.2) is 107 Å². The maximum absolute atomic E-state index is 13.7. The molecule has 0 aliphatic rings. The maximum Gasteiger partial charge on any atom is 0.336 e. The molecule has 4 rings (SSSR count). The standard InChI is InChI=1S/C34H38N6O5/c1-22-18-31(41)45-30-20-26(15-16-27(22)30)39-32(42)28(14-9-17-37-34(35)36)40-33(43)29(19-24-10-5-3-6-11-24)38-23(2)44-21-25-12-7-4-8-13-25/h3-8,10-13,15-16,18,20,28-29,38H,2,9,14,17,19,21H2,1H3,(H,39,42)(H,40,43)(H4,35,36,37)/t28-,29-/m0/s1. The Hall–Kier alpha value is -5.58. The van der Waals surface area contributed by atoms with Gasteiger partial charge in [0, 0.05) is 36.2 Å². The van der Waals surface area contributed by atoms with Gasteiger partial charge < -0.3 is 36.2 Å². The van der Waals surface area contributed by atoms with Crippen molar-refractivity contribution >= 4 is 34.4 Å². The topological polar surface area (TPSA) is 172 Å². The first-order valence-electron chi connectivity index (χ1n) is 14.6. The number of guanidine groups is 1. The molecule has 2 amide bonds. The van der Waals surface area contributed by atoms with Crippen molar-refractivity contribution in [2.45, 2.75) is 44.9 Å². The fraction of sp³-hybridized carbons (Fsp3) is 0.235. The van der Waals surface area contributed by atoms with E-state index in [1.54, 1.807) is 25.1 Å². The van der Waals surface area contributed by atoms with E-state index < -0.39 is 29.5 Å². The number of nitrogens with two attached hydrogens (primary N) is 1. The molecule has 1 aromatic heterocycles. The molecule has 45 heavy (non-hydrogen) atoms. The van der Waals surface area contributed by atoms with Gasteiger partial charge in [-0.3, -0.25) is 15.0 Å². The SMILES string of the molecule is C=C(N[C@@H](Cc1ccccc1)C(=O)N[C@@H](CCCNC(=N)N)C(=O)Nc1ccc2c(C)cc(=O)oc2c1)OCc1ccccc1. The normalized spacial score (nSPS) is 12.0. The van der Waals surface area contributed by atoms with Crippen molar-refractivity contribution in [1.29, 1.82) is 5.41 Å². The van der Waals surface area contributed by atoms with Gasteiger partial charge in [-0.1, -0.05) is 60.7 Å². The predicted octanol–water partition coefficient (Wildman–Crippen LogP) is 3.68. The minimum atomic E-state index is -0.940. The zero-order valence-corrected chi connectivity index (χ0v) is 25.1. The summed E-state index contributed by atoms with van der Waals surface area (Å²) in [5.41, 5.74) is 8.27. The number of carbonyl (C=O) groups is 2. The van der Waals surface area contributed by atoms with Gasteiger partial charge in [-0.05, 0) is 55.2 Å². The van der Waals surface area contributed by atoms with E-state index in [1.165, 1.54) is 6.07 Å². The Morgan fingerprint density at radius 1 is 0.933 bits per heavy atom. The minimum absolute atomic E-state index is 0.186. The number of nitrogens with one attached hydrogen (secondary N) is 5. The first-order chi connectivity index (χ1) is 21.7. The predicted molar refractivity (Wildman–Crippen MR) is 174 cm³/mol. The van der Waals surface area contributed by atoms with Gasteiger partial charge in [-0.15, -0.1) is 0 Å². The summed E-state index contributed by atoms with van der Waals surface area (Å²) in [6, 6.07) is 23.8. The van der Waals surface area contributed by atoms with Crippen molar-refractivity contribution in [2.24, 2.45) is 5.73 Å². The summed E-state index contributed by atoms with van der Waals surface area (Å²) in [6.07, 6.45) is 1.00. The van der Waals surface area contributed by atoms with Crippen LogP contribution in [0.4, 0.5) is 5.69 Å². The van der Waals surface area contributed by atoms with Gasteiger partial charge in [-0.25, -0.2) is 4.79 Å². The molecule has 0 radical (unpaired) electrons. The van der Waals surface area contributed by atoms with E-state index in [-0.39, 0.29) is 24.9 Å². The quantitative estimate of drug-likeness (QED) is 0.0389. The molecule has 0 bridgehead atoms. The highest BCUT2D eigenvalue weighted by Gasteiger charge is 2.27. The van der Waals surface area contributed by atoms with E-state index in [0.29, 0.717) is 30.7 Å². The number of hydrogen-bond acceptors (Lipinski definition) is 7. The van der Waals surface area contributed by atoms with Crippen molar-refractivity contribution < 1.29 is 18.7 Å². The Morgan fingerprint density at radius 3 is 2.31 bits per heavy atom. The Bertz CT molecular complexity index is 1690. The number of benzene rings is 3. The van der Waals surface area contributed by atoms with E-state index in [0.717, 1.165) is 22.1 Å². The lowest BCUT2D eigenvalue weighted by Crippen LogP contribution is -2.52. The van der Waals surface area contributed by atoms with Crippen LogP contribution in [0.1, 0.15) is 29.5 Å². The molecule has 2 atom stereocenters. The van der Waals surface area contributed by atoms with Gasteiger partial charge in [0.15, 0.2) is 11.8 Å². The summed E-state index contributed by atoms with van der Waals surface area (Å²) in [5, 5.41) is 19.7. The molecule has 0 saturated carbocycles. The van der Waals surface area contributed by atoms with Crippen LogP contribution in [0, 0.1) is 12.3 Å². The lowest BCUT2D eigenvalue weighted by molar-refractivity contribution is -0.128. The molecule has 1 heterocycles. The largest absolute Gasteiger partial charge is 0.475 e. The lowest BCUT2D eigenvalue weighted by atomic mass is 10.0. The van der Waals surface area contributed by atoms with Crippen molar-refractivity contribution in [3.05, 3.63) is 125 Å². The number of amides is 2. The smallest absolute Gasteiger partial charge is 0.336 e. The molecule has 7 N–H and O–H groups in total. The monoisotopic (exact) mass is 610 g/mol. The van der Waals surface area contributed by atoms with Crippen LogP contribution in [0.5, 0.6) is 0 Å². The van der Waals surface area contributed by atoms with Gasteiger partial charge in [0.25, 0.3) is 0 Å². The van der Waals surface area contributed by atoms with E-state index >= 15 is 0 Å². The molecule has 0 spiro atoms. The molecule has 0 unspecified atom stereocenters. The van der Waals surface area contributed by atoms with Gasteiger partial charge >= 0.3 is 5.63 Å². The molecule has 0 fully saturated rings. The summed E-state index contributed by atoms with van der Waals surface area (Å²) < 4.78 is 11.1. The average molecular weight is 611 g/mol. The summed E-state index contributed by atoms with van der Waals surface area (Å²) >= 11 is 0. The highest BCUT2D eigenvalue weighted by Crippen LogP contribution is 2.21. The Kier molecular flexibility index (Phi) is 11.3. The van der Waals surface area contributed by atoms with E-state index in [9.17, 15) is 14.4 Å². The number of anilines is 1. The molecule has 3 aromatic carbocycles. The summed E-state index contributed by atoms with van der Waals surface area (Å²) in [7, 11) is 0. The molecule has 0 aliphatic heterocycles. The van der Waals surface area contributed by atoms with E-state index in [1.807, 2.05) is 60.7 Å². The highest BCUT2D eigenvalue weighted by molar-refractivity contribution is 5.99. The number of aryl methyl sites for hydroxylation is 1.